The molecule has 5 heteroatoms. The van der Waals surface area contributed by atoms with Crippen molar-refractivity contribution in [3.8, 4) is 0 Å². The monoisotopic (exact) mass is 255 g/mol. The molecule has 0 aromatic heterocycles. The summed E-state index contributed by atoms with van der Waals surface area (Å²) in [6.45, 7) is 6.13. The number of sulfonamides is 1. The van der Waals surface area contributed by atoms with E-state index in [1.54, 1.807) is 24.3 Å². The zero-order chi connectivity index (χ0) is 12.7. The van der Waals surface area contributed by atoms with E-state index in [9.17, 15) is 8.42 Å². The second-order valence-electron chi connectivity index (χ2n) is 4.87. The third-order valence-corrected chi connectivity index (χ3v) is 4.39. The van der Waals surface area contributed by atoms with Gasteiger partial charge in [0.2, 0.25) is 10.0 Å². The van der Waals surface area contributed by atoms with Gasteiger partial charge in [-0.25, -0.2) is 13.1 Å². The van der Waals surface area contributed by atoms with E-state index >= 15 is 0 Å². The molecule has 0 amide bonds. The Labute approximate surface area is 102 Å². The Morgan fingerprint density at radius 3 is 2.29 bits per heavy atom. The van der Waals surface area contributed by atoms with Gasteiger partial charge in [-0.2, -0.15) is 0 Å². The van der Waals surface area contributed by atoms with Crippen LogP contribution in [0.25, 0.3) is 0 Å². The largest absolute Gasteiger partial charge is 0.365 e. The molecular formula is C12H17NO3S. The molecule has 1 fully saturated rings. The van der Waals surface area contributed by atoms with Crippen molar-refractivity contribution >= 4 is 10.0 Å². The molecule has 94 valence electrons. The molecule has 0 spiro atoms. The number of ether oxygens (including phenoxy) is 1. The summed E-state index contributed by atoms with van der Waals surface area (Å²) in [5.41, 5.74) is 0.839. The lowest BCUT2D eigenvalue weighted by molar-refractivity contribution is 0.323. The Balaban J connectivity index is 2.02. The van der Waals surface area contributed by atoms with Crippen LogP contribution in [0.1, 0.15) is 19.4 Å². The topological polar surface area (TPSA) is 58.7 Å². The van der Waals surface area contributed by atoms with E-state index in [4.69, 9.17) is 4.74 Å². The molecule has 1 saturated heterocycles. The highest BCUT2D eigenvalue weighted by Crippen LogP contribution is 2.34. The smallest absolute Gasteiger partial charge is 0.240 e. The van der Waals surface area contributed by atoms with Gasteiger partial charge in [-0.15, -0.1) is 0 Å². The quantitative estimate of drug-likeness (QED) is 0.828. The van der Waals surface area contributed by atoms with E-state index in [-0.39, 0.29) is 11.7 Å². The molecule has 1 aliphatic heterocycles. The number of epoxide rings is 1. The predicted molar refractivity (Wildman–Crippen MR) is 65.3 cm³/mol. The van der Waals surface area contributed by atoms with Crippen LogP contribution in [0.2, 0.25) is 0 Å². The summed E-state index contributed by atoms with van der Waals surface area (Å²) in [5, 5.41) is 0. The highest BCUT2D eigenvalue weighted by atomic mass is 32.2. The minimum atomic E-state index is -3.41. The Kier molecular flexibility index (Phi) is 3.01. The number of nitrogens with one attached hydrogen (secondary N) is 1. The lowest BCUT2D eigenvalue weighted by Crippen LogP contribution is -2.29. The van der Waals surface area contributed by atoms with Crippen LogP contribution in [0.3, 0.4) is 0 Å². The average Bonchev–Trinajstić information content (AvgIpc) is 2.85. The van der Waals surface area contributed by atoms with Crippen molar-refractivity contribution in [1.82, 2.24) is 4.72 Å². The van der Waals surface area contributed by atoms with Crippen LogP contribution in [0.15, 0.2) is 29.2 Å². The van der Waals surface area contributed by atoms with E-state index in [1.165, 1.54) is 0 Å². The van der Waals surface area contributed by atoms with Crippen LogP contribution < -0.4 is 4.72 Å². The Hall–Kier alpha value is -0.910. The molecule has 2 rings (SSSR count). The molecule has 0 aliphatic carbocycles. The molecule has 1 N–H and O–H groups in total. The molecule has 1 aromatic carbocycles. The maximum atomic E-state index is 11.9. The van der Waals surface area contributed by atoms with Gasteiger partial charge in [-0.3, -0.25) is 0 Å². The summed E-state index contributed by atoms with van der Waals surface area (Å²) in [5.74, 6) is 0. The van der Waals surface area contributed by atoms with Crippen LogP contribution in [0.4, 0.5) is 0 Å². The summed E-state index contributed by atoms with van der Waals surface area (Å²) in [7, 11) is -3.41. The molecule has 0 radical (unpaired) electrons. The van der Waals surface area contributed by atoms with Crippen molar-refractivity contribution < 1.29 is 13.2 Å². The summed E-state index contributed by atoms with van der Waals surface area (Å²) < 4.78 is 31.7. The van der Waals surface area contributed by atoms with Crippen molar-refractivity contribution in [2.24, 2.45) is 0 Å². The third kappa shape index (κ3) is 2.86. The van der Waals surface area contributed by atoms with E-state index in [2.05, 4.69) is 4.72 Å². The highest BCUT2D eigenvalue weighted by Gasteiger charge is 2.47. The molecule has 4 nitrogen and oxygen atoms in total. The molecule has 17 heavy (non-hydrogen) atoms. The van der Waals surface area contributed by atoms with Gasteiger partial charge in [0.1, 0.15) is 6.10 Å². The van der Waals surface area contributed by atoms with Gasteiger partial charge in [0.05, 0.1) is 10.5 Å². The fourth-order valence-electron chi connectivity index (χ4n) is 1.61. The zero-order valence-corrected chi connectivity index (χ0v) is 11.0. The van der Waals surface area contributed by atoms with Crippen LogP contribution in [0, 0.1) is 6.92 Å². The summed E-state index contributed by atoms with van der Waals surface area (Å²) in [6.07, 6.45) is -0.0253. The van der Waals surface area contributed by atoms with Gasteiger partial charge < -0.3 is 4.74 Å². The van der Waals surface area contributed by atoms with E-state index in [0.717, 1.165) is 5.56 Å². The zero-order valence-electron chi connectivity index (χ0n) is 10.2. The van der Waals surface area contributed by atoms with Gasteiger partial charge >= 0.3 is 0 Å². The highest BCUT2D eigenvalue weighted by molar-refractivity contribution is 7.89. The summed E-state index contributed by atoms with van der Waals surface area (Å²) in [6, 6.07) is 6.78. The molecule has 1 heterocycles. The number of rotatable bonds is 4. The fraction of sp³-hybridized carbons (Fsp3) is 0.500. The maximum absolute atomic E-state index is 11.9. The van der Waals surface area contributed by atoms with Gasteiger partial charge in [0.25, 0.3) is 0 Å². The molecule has 0 saturated carbocycles. The molecule has 0 unspecified atom stereocenters. The van der Waals surface area contributed by atoms with Crippen LogP contribution >= 0.6 is 0 Å². The first kappa shape index (κ1) is 12.5. The lowest BCUT2D eigenvalue weighted by Gasteiger charge is -2.06. The van der Waals surface area contributed by atoms with Crippen molar-refractivity contribution in [3.05, 3.63) is 29.8 Å². The third-order valence-electron chi connectivity index (χ3n) is 2.95. The van der Waals surface area contributed by atoms with Crippen molar-refractivity contribution in [2.75, 3.05) is 6.54 Å². The van der Waals surface area contributed by atoms with Gasteiger partial charge in [0.15, 0.2) is 0 Å². The van der Waals surface area contributed by atoms with Crippen LogP contribution in [-0.2, 0) is 14.8 Å². The standard InChI is InChI=1S/C12H17NO3S/c1-9-4-6-10(7-5-9)17(14,15)13-8-11-12(2,3)16-11/h4-7,11,13H,8H2,1-3H3/t11-/m1/s1. The van der Waals surface area contributed by atoms with E-state index in [1.807, 2.05) is 20.8 Å². The summed E-state index contributed by atoms with van der Waals surface area (Å²) >= 11 is 0. The van der Waals surface area contributed by atoms with Gasteiger partial charge in [0, 0.05) is 6.54 Å². The molecular weight excluding hydrogens is 238 g/mol. The van der Waals surface area contributed by atoms with Crippen LogP contribution in [0.5, 0.6) is 0 Å². The number of benzene rings is 1. The van der Waals surface area contributed by atoms with Crippen LogP contribution in [-0.4, -0.2) is 26.7 Å². The number of hydrogen-bond donors (Lipinski definition) is 1. The summed E-state index contributed by atoms with van der Waals surface area (Å²) in [4.78, 5) is 0.293. The Morgan fingerprint density at radius 2 is 1.82 bits per heavy atom. The molecule has 0 bridgehead atoms. The second-order valence-corrected chi connectivity index (χ2v) is 6.64. The normalized spacial score (nSPS) is 22.4. The molecule has 1 aliphatic rings. The Morgan fingerprint density at radius 1 is 1.29 bits per heavy atom. The molecule has 1 atom stereocenters. The van der Waals surface area contributed by atoms with Crippen molar-refractivity contribution in [1.29, 1.82) is 0 Å². The predicted octanol–water partition coefficient (Wildman–Crippen LogP) is 1.45. The van der Waals surface area contributed by atoms with Crippen molar-refractivity contribution in [2.45, 2.75) is 37.4 Å². The first-order chi connectivity index (χ1) is 7.81. The average molecular weight is 255 g/mol. The first-order valence-electron chi connectivity index (χ1n) is 5.55. The SMILES string of the molecule is Cc1ccc(S(=O)(=O)NC[C@H]2OC2(C)C)cc1. The van der Waals surface area contributed by atoms with Gasteiger partial charge in [-0.05, 0) is 32.9 Å². The van der Waals surface area contributed by atoms with E-state index in [0.29, 0.717) is 11.4 Å². The molecule has 1 aromatic rings. The lowest BCUT2D eigenvalue weighted by atomic mass is 10.1. The first-order valence-corrected chi connectivity index (χ1v) is 7.04. The minimum Gasteiger partial charge on any atom is -0.365 e. The second kappa shape index (κ2) is 4.08. The van der Waals surface area contributed by atoms with E-state index < -0.39 is 10.0 Å². The van der Waals surface area contributed by atoms with Crippen molar-refractivity contribution in [3.63, 3.8) is 0 Å². The Bertz CT molecular complexity index is 505. The number of aryl methyl sites for hydroxylation is 1. The van der Waals surface area contributed by atoms with Gasteiger partial charge in [-0.1, -0.05) is 17.7 Å². The number of hydrogen-bond acceptors (Lipinski definition) is 3. The fourth-order valence-corrected chi connectivity index (χ4v) is 2.64. The maximum Gasteiger partial charge on any atom is 0.240 e. The minimum absolute atomic E-state index is 0.0253.